The summed E-state index contributed by atoms with van der Waals surface area (Å²) in [6, 6.07) is 15.1. The van der Waals surface area contributed by atoms with E-state index in [2.05, 4.69) is 59.3 Å². The molecule has 0 bridgehead atoms. The lowest BCUT2D eigenvalue weighted by atomic mass is 9.90. The highest BCUT2D eigenvalue weighted by Gasteiger charge is 2.26. The number of carboxylic acids is 1. The predicted molar refractivity (Wildman–Crippen MR) is 103 cm³/mol. The van der Waals surface area contributed by atoms with E-state index in [1.165, 1.54) is 27.4 Å². The Morgan fingerprint density at radius 2 is 1.84 bits per heavy atom. The van der Waals surface area contributed by atoms with Crippen LogP contribution in [0.3, 0.4) is 0 Å². The molecule has 3 rings (SSSR count). The van der Waals surface area contributed by atoms with Gasteiger partial charge in [0, 0.05) is 34.9 Å². The van der Waals surface area contributed by atoms with Gasteiger partial charge in [-0.3, -0.25) is 4.79 Å². The van der Waals surface area contributed by atoms with E-state index < -0.39 is 11.4 Å². The first-order valence-electron chi connectivity index (χ1n) is 8.88. The zero-order valence-electron chi connectivity index (χ0n) is 15.2. The van der Waals surface area contributed by atoms with Crippen molar-refractivity contribution in [1.29, 1.82) is 0 Å². The van der Waals surface area contributed by atoms with Gasteiger partial charge in [-0.05, 0) is 57.5 Å². The van der Waals surface area contributed by atoms with Gasteiger partial charge in [0.05, 0.1) is 5.41 Å². The molecule has 3 aromatic rings. The lowest BCUT2D eigenvalue weighted by Crippen LogP contribution is -2.28. The van der Waals surface area contributed by atoms with Crippen LogP contribution in [0.25, 0.3) is 21.8 Å². The van der Waals surface area contributed by atoms with Crippen LogP contribution in [0.5, 0.6) is 0 Å². The standard InChI is InChI=1S/C21H26N2O2/c1-4-23-18-8-6-5-7-16(18)17-13-15(9-10-19(17)23)14-22-12-11-21(2,3)20(24)25/h5-10,13,22H,4,11-12,14H2,1-3H3,(H,24,25). The highest BCUT2D eigenvalue weighted by molar-refractivity contribution is 6.08. The molecule has 132 valence electrons. The number of aliphatic carboxylic acids is 1. The average Bonchev–Trinajstić information content (AvgIpc) is 2.92. The molecule has 0 fully saturated rings. The van der Waals surface area contributed by atoms with Crippen LogP contribution >= 0.6 is 0 Å². The van der Waals surface area contributed by atoms with Gasteiger partial charge < -0.3 is 15.0 Å². The van der Waals surface area contributed by atoms with Crippen LogP contribution in [0, 0.1) is 5.41 Å². The van der Waals surface area contributed by atoms with Gasteiger partial charge in [0.2, 0.25) is 0 Å². The molecule has 1 heterocycles. The maximum atomic E-state index is 11.2. The molecule has 0 aliphatic rings. The molecule has 4 heteroatoms. The van der Waals surface area contributed by atoms with Gasteiger partial charge in [-0.2, -0.15) is 0 Å². The summed E-state index contributed by atoms with van der Waals surface area (Å²) in [4.78, 5) is 11.2. The fourth-order valence-electron chi connectivity index (χ4n) is 3.29. The molecule has 4 nitrogen and oxygen atoms in total. The number of hydrogen-bond donors (Lipinski definition) is 2. The molecule has 25 heavy (non-hydrogen) atoms. The second kappa shape index (κ2) is 6.89. The third-order valence-corrected chi connectivity index (χ3v) is 4.99. The van der Waals surface area contributed by atoms with Crippen molar-refractivity contribution in [2.24, 2.45) is 5.41 Å². The Kier molecular flexibility index (Phi) is 4.82. The van der Waals surface area contributed by atoms with Crippen molar-refractivity contribution < 1.29 is 9.90 Å². The van der Waals surface area contributed by atoms with Crippen molar-refractivity contribution in [3.63, 3.8) is 0 Å². The number of nitrogens with zero attached hydrogens (tertiary/aromatic N) is 1. The third kappa shape index (κ3) is 3.40. The molecule has 0 amide bonds. The first-order valence-corrected chi connectivity index (χ1v) is 8.88. The fourth-order valence-corrected chi connectivity index (χ4v) is 3.29. The van der Waals surface area contributed by atoms with E-state index >= 15 is 0 Å². The van der Waals surface area contributed by atoms with Crippen molar-refractivity contribution in [2.75, 3.05) is 6.54 Å². The van der Waals surface area contributed by atoms with Crippen LogP contribution in [-0.2, 0) is 17.9 Å². The number of rotatable bonds is 7. The monoisotopic (exact) mass is 338 g/mol. The summed E-state index contributed by atoms with van der Waals surface area (Å²) in [6.07, 6.45) is 0.611. The number of carboxylic acid groups (broad SMARTS) is 1. The summed E-state index contributed by atoms with van der Waals surface area (Å²) in [5, 5.41) is 15.1. The van der Waals surface area contributed by atoms with Gasteiger partial charge in [-0.15, -0.1) is 0 Å². The number of nitrogens with one attached hydrogen (secondary N) is 1. The Balaban J connectivity index is 1.78. The molecule has 1 aromatic heterocycles. The number of benzene rings is 2. The van der Waals surface area contributed by atoms with Crippen molar-refractivity contribution >= 4 is 27.8 Å². The van der Waals surface area contributed by atoms with Gasteiger partial charge in [-0.25, -0.2) is 0 Å². The first-order chi connectivity index (χ1) is 11.9. The first kappa shape index (κ1) is 17.5. The van der Waals surface area contributed by atoms with Crippen LogP contribution in [0.15, 0.2) is 42.5 Å². The normalized spacial score (nSPS) is 12.1. The van der Waals surface area contributed by atoms with Gasteiger partial charge in [0.1, 0.15) is 0 Å². The van der Waals surface area contributed by atoms with Gasteiger partial charge in [0.15, 0.2) is 0 Å². The lowest BCUT2D eigenvalue weighted by Gasteiger charge is -2.19. The van der Waals surface area contributed by atoms with E-state index in [1.807, 2.05) is 0 Å². The van der Waals surface area contributed by atoms with Crippen LogP contribution in [0.2, 0.25) is 0 Å². The molecule has 0 spiro atoms. The SMILES string of the molecule is CCn1c2ccccc2c2cc(CNCCC(C)(C)C(=O)O)ccc21. The van der Waals surface area contributed by atoms with Gasteiger partial charge in [-0.1, -0.05) is 24.3 Å². The van der Waals surface area contributed by atoms with Crippen molar-refractivity contribution in [1.82, 2.24) is 9.88 Å². The smallest absolute Gasteiger partial charge is 0.309 e. The molecule has 0 aliphatic heterocycles. The molecule has 0 atom stereocenters. The Morgan fingerprint density at radius 3 is 2.56 bits per heavy atom. The van der Waals surface area contributed by atoms with Gasteiger partial charge in [0.25, 0.3) is 0 Å². The summed E-state index contributed by atoms with van der Waals surface area (Å²) < 4.78 is 2.34. The molecule has 2 N–H and O–H groups in total. The highest BCUT2D eigenvalue weighted by Crippen LogP contribution is 2.29. The summed E-state index contributed by atoms with van der Waals surface area (Å²) in [7, 11) is 0. The quantitative estimate of drug-likeness (QED) is 0.628. The van der Waals surface area contributed by atoms with E-state index in [9.17, 15) is 9.90 Å². The minimum atomic E-state index is -0.747. The summed E-state index contributed by atoms with van der Waals surface area (Å²) in [5.74, 6) is -0.747. The van der Waals surface area contributed by atoms with Crippen molar-refractivity contribution in [3.05, 3.63) is 48.0 Å². The molecule has 0 saturated heterocycles. The number of aromatic nitrogens is 1. The minimum Gasteiger partial charge on any atom is -0.481 e. The van der Waals surface area contributed by atoms with Crippen molar-refractivity contribution in [3.8, 4) is 0 Å². The summed E-state index contributed by atoms with van der Waals surface area (Å²) in [6.45, 7) is 8.09. The maximum Gasteiger partial charge on any atom is 0.309 e. The number of carbonyl (C=O) groups is 1. The van der Waals surface area contributed by atoms with Crippen molar-refractivity contribution in [2.45, 2.75) is 40.3 Å². The fraction of sp³-hybridized carbons (Fsp3) is 0.381. The highest BCUT2D eigenvalue weighted by atomic mass is 16.4. The van der Waals surface area contributed by atoms with Gasteiger partial charge >= 0.3 is 5.97 Å². The molecule has 2 aromatic carbocycles. The lowest BCUT2D eigenvalue weighted by molar-refractivity contribution is -0.147. The number of aryl methyl sites for hydroxylation is 1. The topological polar surface area (TPSA) is 54.3 Å². The second-order valence-electron chi connectivity index (χ2n) is 7.23. The van der Waals surface area contributed by atoms with E-state index in [4.69, 9.17) is 0 Å². The Morgan fingerprint density at radius 1 is 1.12 bits per heavy atom. The molecule has 0 saturated carbocycles. The zero-order valence-corrected chi connectivity index (χ0v) is 15.2. The number of fused-ring (bicyclic) bond motifs is 3. The summed E-state index contributed by atoms with van der Waals surface area (Å²) in [5.41, 5.74) is 3.07. The number of hydrogen-bond acceptors (Lipinski definition) is 2. The maximum absolute atomic E-state index is 11.2. The zero-order chi connectivity index (χ0) is 18.0. The van der Waals surface area contributed by atoms with Crippen LogP contribution in [0.4, 0.5) is 0 Å². The van der Waals surface area contributed by atoms with E-state index in [0.29, 0.717) is 13.0 Å². The number of para-hydroxylation sites is 1. The largest absolute Gasteiger partial charge is 0.481 e. The Labute approximate surface area is 148 Å². The van der Waals surface area contributed by atoms with E-state index in [1.54, 1.807) is 13.8 Å². The average molecular weight is 338 g/mol. The molecule has 0 radical (unpaired) electrons. The molecular weight excluding hydrogens is 312 g/mol. The van der Waals surface area contributed by atoms with E-state index in [0.717, 1.165) is 13.1 Å². The Hall–Kier alpha value is -2.33. The van der Waals surface area contributed by atoms with E-state index in [-0.39, 0.29) is 0 Å². The second-order valence-corrected chi connectivity index (χ2v) is 7.23. The van der Waals surface area contributed by atoms with Crippen LogP contribution in [0.1, 0.15) is 32.8 Å². The molecular formula is C21H26N2O2. The third-order valence-electron chi connectivity index (χ3n) is 4.99. The van der Waals surface area contributed by atoms with Crippen LogP contribution < -0.4 is 5.32 Å². The molecule has 0 aliphatic carbocycles. The Bertz CT molecular complexity index is 909. The molecule has 0 unspecified atom stereocenters. The van der Waals surface area contributed by atoms with Crippen LogP contribution in [-0.4, -0.2) is 22.2 Å². The minimum absolute atomic E-state index is 0.611. The summed E-state index contributed by atoms with van der Waals surface area (Å²) >= 11 is 0. The predicted octanol–water partition coefficient (Wildman–Crippen LogP) is 4.40.